The van der Waals surface area contributed by atoms with E-state index in [1.807, 2.05) is 36.2 Å². The molecule has 0 saturated heterocycles. The molecular weight excluding hydrogens is 258 g/mol. The molecule has 6 heteroatoms. The fourth-order valence-corrected chi connectivity index (χ4v) is 2.55. The number of aromatic nitrogens is 4. The molecule has 0 saturated carbocycles. The van der Waals surface area contributed by atoms with Gasteiger partial charge in [0.05, 0.1) is 23.2 Å². The summed E-state index contributed by atoms with van der Waals surface area (Å²) < 4.78 is 2.11. The van der Waals surface area contributed by atoms with E-state index in [1.165, 1.54) is 0 Å². The summed E-state index contributed by atoms with van der Waals surface area (Å²) in [5.41, 5.74) is 7.80. The van der Waals surface area contributed by atoms with Gasteiger partial charge in [-0.3, -0.25) is 0 Å². The van der Waals surface area contributed by atoms with Crippen molar-refractivity contribution in [3.8, 4) is 11.3 Å². The number of hydrogen-bond acceptors (Lipinski definition) is 5. The highest BCUT2D eigenvalue weighted by atomic mass is 32.1. The first-order valence-corrected chi connectivity index (χ1v) is 6.81. The molecule has 0 aromatic carbocycles. The fraction of sp³-hybridized carbons (Fsp3) is 0.154. The largest absolute Gasteiger partial charge is 0.384 e. The highest BCUT2D eigenvalue weighted by Crippen LogP contribution is 2.20. The first-order chi connectivity index (χ1) is 9.33. The van der Waals surface area contributed by atoms with Gasteiger partial charge in [-0.15, -0.1) is 11.3 Å². The van der Waals surface area contributed by atoms with Crippen molar-refractivity contribution >= 4 is 17.2 Å². The highest BCUT2D eigenvalue weighted by molar-refractivity contribution is 7.09. The Bertz CT molecular complexity index is 659. The van der Waals surface area contributed by atoms with Gasteiger partial charge in [0.1, 0.15) is 5.82 Å². The van der Waals surface area contributed by atoms with Crippen LogP contribution in [0.3, 0.4) is 0 Å². The van der Waals surface area contributed by atoms with E-state index < -0.39 is 0 Å². The summed E-state index contributed by atoms with van der Waals surface area (Å²) in [5.74, 6) is 0.519. The van der Waals surface area contributed by atoms with Gasteiger partial charge in [-0.2, -0.15) is 0 Å². The van der Waals surface area contributed by atoms with Crippen LogP contribution in [0.5, 0.6) is 0 Å². The van der Waals surface area contributed by atoms with Crippen molar-refractivity contribution < 1.29 is 0 Å². The van der Waals surface area contributed by atoms with Crippen LogP contribution in [0.15, 0.2) is 42.4 Å². The minimum Gasteiger partial charge on any atom is -0.384 e. The van der Waals surface area contributed by atoms with Crippen LogP contribution in [0.2, 0.25) is 0 Å². The van der Waals surface area contributed by atoms with Crippen molar-refractivity contribution in [3.63, 3.8) is 0 Å². The standard InChI is InChI=1S/C13H13N5S/c14-12-7-10(1-3-16-12)11-8-15-9-18(11)5-2-13-17-4-6-19-13/h1,3-4,6-9H,2,5H2,(H2,14,16). The molecule has 0 radical (unpaired) electrons. The maximum Gasteiger partial charge on any atom is 0.123 e. The molecule has 96 valence electrons. The van der Waals surface area contributed by atoms with Crippen LogP contribution >= 0.6 is 11.3 Å². The van der Waals surface area contributed by atoms with Gasteiger partial charge < -0.3 is 10.3 Å². The number of aryl methyl sites for hydroxylation is 2. The maximum atomic E-state index is 5.72. The lowest BCUT2D eigenvalue weighted by molar-refractivity contribution is 0.699. The zero-order valence-corrected chi connectivity index (χ0v) is 11.0. The molecule has 3 aromatic rings. The van der Waals surface area contributed by atoms with E-state index in [0.29, 0.717) is 5.82 Å². The van der Waals surface area contributed by atoms with Crippen molar-refractivity contribution in [2.24, 2.45) is 0 Å². The summed E-state index contributed by atoms with van der Waals surface area (Å²) in [6.07, 6.45) is 8.12. The van der Waals surface area contributed by atoms with Crippen LogP contribution in [0.25, 0.3) is 11.3 Å². The first kappa shape index (κ1) is 11.9. The lowest BCUT2D eigenvalue weighted by Crippen LogP contribution is -2.02. The Morgan fingerprint density at radius 2 is 2.21 bits per heavy atom. The molecule has 0 bridgehead atoms. The number of nitrogens with zero attached hydrogens (tertiary/aromatic N) is 4. The van der Waals surface area contributed by atoms with Gasteiger partial charge in [-0.05, 0) is 12.1 Å². The molecule has 2 N–H and O–H groups in total. The molecule has 0 spiro atoms. The normalized spacial score (nSPS) is 10.7. The topological polar surface area (TPSA) is 69.6 Å². The minimum absolute atomic E-state index is 0.519. The van der Waals surface area contributed by atoms with Crippen LogP contribution < -0.4 is 5.73 Å². The summed E-state index contributed by atoms with van der Waals surface area (Å²) in [6.45, 7) is 0.852. The zero-order valence-electron chi connectivity index (χ0n) is 10.2. The Morgan fingerprint density at radius 1 is 1.26 bits per heavy atom. The molecule has 3 heterocycles. The summed E-state index contributed by atoms with van der Waals surface area (Å²) in [6, 6.07) is 3.80. The van der Waals surface area contributed by atoms with Gasteiger partial charge >= 0.3 is 0 Å². The summed E-state index contributed by atoms with van der Waals surface area (Å²) in [5, 5.41) is 3.13. The molecule has 0 unspecified atom stereocenters. The number of imidazole rings is 1. The SMILES string of the molecule is Nc1cc(-c2cncn2CCc2nccs2)ccn1. The van der Waals surface area contributed by atoms with Crippen molar-refractivity contribution in [1.29, 1.82) is 0 Å². The molecule has 5 nitrogen and oxygen atoms in total. The number of nitrogen functional groups attached to an aromatic ring is 1. The molecule has 19 heavy (non-hydrogen) atoms. The smallest absolute Gasteiger partial charge is 0.123 e. The summed E-state index contributed by atoms with van der Waals surface area (Å²) in [7, 11) is 0. The second kappa shape index (κ2) is 5.19. The number of nitrogens with two attached hydrogens (primary N) is 1. The van der Waals surface area contributed by atoms with Crippen LogP contribution in [0.4, 0.5) is 5.82 Å². The van der Waals surface area contributed by atoms with Crippen LogP contribution in [-0.2, 0) is 13.0 Å². The average molecular weight is 271 g/mol. The van der Waals surface area contributed by atoms with E-state index >= 15 is 0 Å². The number of rotatable bonds is 4. The zero-order chi connectivity index (χ0) is 13.1. The molecule has 0 amide bonds. The van der Waals surface area contributed by atoms with Crippen LogP contribution in [0.1, 0.15) is 5.01 Å². The highest BCUT2D eigenvalue weighted by Gasteiger charge is 2.06. The molecule has 0 aliphatic rings. The number of thiazole rings is 1. The number of anilines is 1. The third-order valence-electron chi connectivity index (χ3n) is 2.84. The van der Waals surface area contributed by atoms with E-state index in [9.17, 15) is 0 Å². The molecular formula is C13H13N5S. The van der Waals surface area contributed by atoms with E-state index in [4.69, 9.17) is 5.73 Å². The molecule has 0 aliphatic carbocycles. The Balaban J connectivity index is 1.82. The number of hydrogen-bond donors (Lipinski definition) is 1. The quantitative estimate of drug-likeness (QED) is 0.790. The fourth-order valence-electron chi connectivity index (χ4n) is 1.94. The Hall–Kier alpha value is -2.21. The predicted molar refractivity (Wildman–Crippen MR) is 75.7 cm³/mol. The van der Waals surface area contributed by atoms with E-state index in [-0.39, 0.29) is 0 Å². The van der Waals surface area contributed by atoms with Crippen molar-refractivity contribution in [2.45, 2.75) is 13.0 Å². The van der Waals surface area contributed by atoms with E-state index in [0.717, 1.165) is 29.2 Å². The Labute approximate surface area is 114 Å². The molecule has 0 atom stereocenters. The Kier molecular flexibility index (Phi) is 3.24. The lowest BCUT2D eigenvalue weighted by Gasteiger charge is -2.07. The second-order valence-electron chi connectivity index (χ2n) is 4.12. The monoisotopic (exact) mass is 271 g/mol. The molecule has 3 aromatic heterocycles. The Morgan fingerprint density at radius 3 is 3.00 bits per heavy atom. The third kappa shape index (κ3) is 2.63. The van der Waals surface area contributed by atoms with Crippen LogP contribution in [0, 0.1) is 0 Å². The summed E-state index contributed by atoms with van der Waals surface area (Å²) >= 11 is 1.67. The maximum absolute atomic E-state index is 5.72. The predicted octanol–water partition coefficient (Wildman–Crippen LogP) is 2.23. The summed E-state index contributed by atoms with van der Waals surface area (Å²) in [4.78, 5) is 12.5. The van der Waals surface area contributed by atoms with Crippen molar-refractivity contribution in [2.75, 3.05) is 5.73 Å². The van der Waals surface area contributed by atoms with Gasteiger partial charge in [0.2, 0.25) is 0 Å². The van der Waals surface area contributed by atoms with Gasteiger partial charge in [-0.25, -0.2) is 15.0 Å². The molecule has 0 fully saturated rings. The van der Waals surface area contributed by atoms with Crippen molar-refractivity contribution in [1.82, 2.24) is 19.5 Å². The van der Waals surface area contributed by atoms with Gasteiger partial charge in [-0.1, -0.05) is 0 Å². The van der Waals surface area contributed by atoms with Gasteiger partial charge in [0.25, 0.3) is 0 Å². The number of pyridine rings is 1. The second-order valence-corrected chi connectivity index (χ2v) is 5.10. The molecule has 0 aliphatic heterocycles. The van der Waals surface area contributed by atoms with Crippen molar-refractivity contribution in [3.05, 3.63) is 47.4 Å². The van der Waals surface area contributed by atoms with Crippen LogP contribution in [-0.4, -0.2) is 19.5 Å². The third-order valence-corrected chi connectivity index (χ3v) is 3.68. The van der Waals surface area contributed by atoms with Gasteiger partial charge in [0.15, 0.2) is 0 Å². The average Bonchev–Trinajstić information content (AvgIpc) is 3.08. The molecule has 3 rings (SSSR count). The lowest BCUT2D eigenvalue weighted by atomic mass is 10.2. The minimum atomic E-state index is 0.519. The van der Waals surface area contributed by atoms with Gasteiger partial charge in [0, 0.05) is 36.3 Å². The van der Waals surface area contributed by atoms with E-state index in [1.54, 1.807) is 17.5 Å². The van der Waals surface area contributed by atoms with E-state index in [2.05, 4.69) is 19.5 Å². The first-order valence-electron chi connectivity index (χ1n) is 5.93.